The first-order chi connectivity index (χ1) is 16.0. The summed E-state index contributed by atoms with van der Waals surface area (Å²) in [7, 11) is 1.71. The summed E-state index contributed by atoms with van der Waals surface area (Å²) in [5.74, 6) is 0.00899. The van der Waals surface area contributed by atoms with Crippen molar-refractivity contribution in [2.24, 2.45) is 7.05 Å². The van der Waals surface area contributed by atoms with Crippen LogP contribution in [0.3, 0.4) is 0 Å². The highest BCUT2D eigenvalue weighted by Gasteiger charge is 2.25. The number of benzene rings is 2. The zero-order valence-electron chi connectivity index (χ0n) is 18.7. The molecule has 2 amide bonds. The third kappa shape index (κ3) is 6.04. The second kappa shape index (κ2) is 10.4. The summed E-state index contributed by atoms with van der Waals surface area (Å²) in [5.41, 5.74) is 2.48. The number of amides is 2. The summed E-state index contributed by atoms with van der Waals surface area (Å²) in [6.07, 6.45) is 1.01. The SMILES string of the molecule is Cn1nc(C(=O)N2CCN(Cc3ccc(F)cc3)CC2)cc1NC(=O)CCc1ccccc1. The molecule has 1 N–H and O–H groups in total. The van der Waals surface area contributed by atoms with Gasteiger partial charge in [-0.3, -0.25) is 19.2 Å². The molecule has 0 radical (unpaired) electrons. The van der Waals surface area contributed by atoms with Gasteiger partial charge in [0.2, 0.25) is 5.91 Å². The maximum atomic E-state index is 13.1. The first-order valence-electron chi connectivity index (χ1n) is 11.1. The van der Waals surface area contributed by atoms with Crippen LogP contribution in [0.25, 0.3) is 0 Å². The Balaban J connectivity index is 1.28. The standard InChI is InChI=1S/C25H28FN5O2/c1-29-23(27-24(32)12-9-19-5-3-2-4-6-19)17-22(28-29)25(33)31-15-13-30(14-16-31)18-20-7-10-21(26)11-8-20/h2-8,10-11,17H,9,12-16,18H2,1H3,(H,27,32). The first kappa shape index (κ1) is 22.7. The second-order valence-corrected chi connectivity index (χ2v) is 8.27. The highest BCUT2D eigenvalue weighted by atomic mass is 19.1. The summed E-state index contributed by atoms with van der Waals surface area (Å²) in [5, 5.41) is 7.17. The Morgan fingerprint density at radius 2 is 1.67 bits per heavy atom. The molecular weight excluding hydrogens is 421 g/mol. The summed E-state index contributed by atoms with van der Waals surface area (Å²) in [6, 6.07) is 18.0. The Morgan fingerprint density at radius 3 is 2.36 bits per heavy atom. The van der Waals surface area contributed by atoms with Gasteiger partial charge in [0.1, 0.15) is 11.6 Å². The van der Waals surface area contributed by atoms with Gasteiger partial charge >= 0.3 is 0 Å². The Morgan fingerprint density at radius 1 is 0.970 bits per heavy atom. The van der Waals surface area contributed by atoms with Gasteiger partial charge in [0.05, 0.1) is 0 Å². The van der Waals surface area contributed by atoms with Crippen molar-refractivity contribution in [1.82, 2.24) is 19.6 Å². The number of anilines is 1. The van der Waals surface area contributed by atoms with Crippen molar-refractivity contribution >= 4 is 17.6 Å². The smallest absolute Gasteiger partial charge is 0.274 e. The number of rotatable bonds is 7. The summed E-state index contributed by atoms with van der Waals surface area (Å²) >= 11 is 0. The summed E-state index contributed by atoms with van der Waals surface area (Å²) in [6.45, 7) is 3.38. The lowest BCUT2D eigenvalue weighted by atomic mass is 10.1. The van der Waals surface area contributed by atoms with E-state index in [-0.39, 0.29) is 17.6 Å². The third-order valence-electron chi connectivity index (χ3n) is 5.83. The van der Waals surface area contributed by atoms with Gasteiger partial charge in [0.15, 0.2) is 5.69 Å². The molecule has 1 aliphatic heterocycles. The van der Waals surface area contributed by atoms with E-state index in [1.165, 1.54) is 16.8 Å². The first-order valence-corrected chi connectivity index (χ1v) is 11.1. The third-order valence-corrected chi connectivity index (χ3v) is 5.83. The van der Waals surface area contributed by atoms with E-state index in [4.69, 9.17) is 0 Å². The minimum Gasteiger partial charge on any atom is -0.335 e. The predicted octanol–water partition coefficient (Wildman–Crippen LogP) is 3.09. The van der Waals surface area contributed by atoms with Crippen LogP contribution in [0.2, 0.25) is 0 Å². The Bertz CT molecular complexity index is 1090. The second-order valence-electron chi connectivity index (χ2n) is 8.27. The van der Waals surface area contributed by atoms with Gasteiger partial charge in [-0.05, 0) is 29.7 Å². The molecule has 0 aliphatic carbocycles. The van der Waals surface area contributed by atoms with E-state index >= 15 is 0 Å². The van der Waals surface area contributed by atoms with Gasteiger partial charge in [-0.2, -0.15) is 5.10 Å². The number of halogens is 1. The lowest BCUT2D eigenvalue weighted by molar-refractivity contribution is -0.116. The van der Waals surface area contributed by atoms with E-state index in [9.17, 15) is 14.0 Å². The highest BCUT2D eigenvalue weighted by Crippen LogP contribution is 2.15. The Kier molecular flexibility index (Phi) is 7.14. The number of piperazine rings is 1. The van der Waals surface area contributed by atoms with Crippen LogP contribution in [0.15, 0.2) is 60.7 Å². The number of nitrogens with zero attached hydrogens (tertiary/aromatic N) is 4. The topological polar surface area (TPSA) is 70.5 Å². The molecule has 0 bridgehead atoms. The van der Waals surface area contributed by atoms with Crippen molar-refractivity contribution in [2.75, 3.05) is 31.5 Å². The number of nitrogens with one attached hydrogen (secondary N) is 1. The minimum atomic E-state index is -0.240. The average molecular weight is 450 g/mol. The molecule has 7 nitrogen and oxygen atoms in total. The van der Waals surface area contributed by atoms with Crippen LogP contribution in [-0.2, 0) is 24.8 Å². The molecule has 2 aromatic carbocycles. The summed E-state index contributed by atoms with van der Waals surface area (Å²) < 4.78 is 14.6. The van der Waals surface area contributed by atoms with Crippen LogP contribution in [-0.4, -0.2) is 57.6 Å². The molecule has 1 aromatic heterocycles. The van der Waals surface area contributed by atoms with Crippen LogP contribution in [0.1, 0.15) is 28.0 Å². The number of carbonyl (C=O) groups is 2. The zero-order valence-corrected chi connectivity index (χ0v) is 18.7. The maximum Gasteiger partial charge on any atom is 0.274 e. The fraction of sp³-hybridized carbons (Fsp3) is 0.320. The fourth-order valence-corrected chi connectivity index (χ4v) is 3.92. The van der Waals surface area contributed by atoms with E-state index < -0.39 is 0 Å². The number of hydrogen-bond acceptors (Lipinski definition) is 4. The van der Waals surface area contributed by atoms with Gasteiger partial charge in [-0.25, -0.2) is 4.39 Å². The molecule has 8 heteroatoms. The quantitative estimate of drug-likeness (QED) is 0.602. The number of carbonyl (C=O) groups excluding carboxylic acids is 2. The van der Waals surface area contributed by atoms with E-state index in [0.29, 0.717) is 37.4 Å². The van der Waals surface area contributed by atoms with Gasteiger partial charge in [0.25, 0.3) is 5.91 Å². The lowest BCUT2D eigenvalue weighted by Gasteiger charge is -2.34. The minimum absolute atomic E-state index is 0.116. The van der Waals surface area contributed by atoms with Crippen LogP contribution >= 0.6 is 0 Å². The van der Waals surface area contributed by atoms with Crippen molar-refractivity contribution in [3.63, 3.8) is 0 Å². The molecule has 3 aromatic rings. The highest BCUT2D eigenvalue weighted by molar-refractivity contribution is 5.95. The zero-order chi connectivity index (χ0) is 23.2. The van der Waals surface area contributed by atoms with Gasteiger partial charge < -0.3 is 10.2 Å². The molecule has 0 spiro atoms. The fourth-order valence-electron chi connectivity index (χ4n) is 3.92. The normalized spacial score (nSPS) is 14.3. The molecule has 1 aliphatic rings. The Labute approximate surface area is 192 Å². The number of hydrogen-bond donors (Lipinski definition) is 1. The molecular formula is C25H28FN5O2. The van der Waals surface area contributed by atoms with Gasteiger partial charge in [-0.15, -0.1) is 0 Å². The van der Waals surface area contributed by atoms with Crippen molar-refractivity contribution in [1.29, 1.82) is 0 Å². The Hall–Kier alpha value is -3.52. The molecule has 0 unspecified atom stereocenters. The monoisotopic (exact) mass is 449 g/mol. The lowest BCUT2D eigenvalue weighted by Crippen LogP contribution is -2.48. The van der Waals surface area contributed by atoms with E-state index in [1.807, 2.05) is 30.3 Å². The van der Waals surface area contributed by atoms with Crippen molar-refractivity contribution in [2.45, 2.75) is 19.4 Å². The number of aryl methyl sites for hydroxylation is 2. The van der Waals surface area contributed by atoms with Crippen LogP contribution in [0.4, 0.5) is 10.2 Å². The van der Waals surface area contributed by atoms with Crippen molar-refractivity contribution < 1.29 is 14.0 Å². The van der Waals surface area contributed by atoms with Gasteiger partial charge in [0, 0.05) is 52.3 Å². The molecule has 4 rings (SSSR count). The average Bonchev–Trinajstić information content (AvgIpc) is 3.20. The van der Waals surface area contributed by atoms with Crippen molar-refractivity contribution in [3.8, 4) is 0 Å². The van der Waals surface area contributed by atoms with Gasteiger partial charge in [-0.1, -0.05) is 42.5 Å². The molecule has 2 heterocycles. The van der Waals surface area contributed by atoms with Crippen LogP contribution in [0.5, 0.6) is 0 Å². The molecule has 0 atom stereocenters. The predicted molar refractivity (Wildman–Crippen MR) is 124 cm³/mol. The van der Waals surface area contributed by atoms with E-state index in [0.717, 1.165) is 30.8 Å². The van der Waals surface area contributed by atoms with E-state index in [2.05, 4.69) is 15.3 Å². The molecule has 0 saturated carbocycles. The molecule has 33 heavy (non-hydrogen) atoms. The van der Waals surface area contributed by atoms with Crippen molar-refractivity contribution in [3.05, 3.63) is 83.3 Å². The molecule has 172 valence electrons. The largest absolute Gasteiger partial charge is 0.335 e. The summed E-state index contributed by atoms with van der Waals surface area (Å²) in [4.78, 5) is 29.3. The maximum absolute atomic E-state index is 13.1. The molecule has 1 fully saturated rings. The number of aromatic nitrogens is 2. The van der Waals surface area contributed by atoms with Crippen LogP contribution in [0, 0.1) is 5.82 Å². The van der Waals surface area contributed by atoms with Crippen LogP contribution < -0.4 is 5.32 Å². The van der Waals surface area contributed by atoms with E-state index in [1.54, 1.807) is 30.1 Å². The molecule has 1 saturated heterocycles.